The van der Waals surface area contributed by atoms with Crippen LogP contribution in [0.25, 0.3) is 0 Å². The normalized spacial score (nSPS) is 12.1. The van der Waals surface area contributed by atoms with Gasteiger partial charge in [-0.15, -0.1) is 0 Å². The number of amides is 2. The number of carboxylic acid groups (broad SMARTS) is 1. The Morgan fingerprint density at radius 1 is 0.963 bits per heavy atom. The fourth-order valence-corrected chi connectivity index (χ4v) is 1.76. The first kappa shape index (κ1) is 27.2. The van der Waals surface area contributed by atoms with Crippen LogP contribution in [-0.4, -0.2) is 53.6 Å². The largest absolute Gasteiger partial charge is 0.481 e. The monoisotopic (exact) mass is 391 g/mol. The van der Waals surface area contributed by atoms with Gasteiger partial charge in [0.1, 0.15) is 11.2 Å². The Kier molecular flexibility index (Phi) is 13.3. The first-order valence-electron chi connectivity index (χ1n) is 9.02. The number of unbranched alkanes of at least 4 members (excludes halogenated alkanes) is 1. The number of hydrogen-bond acceptors (Lipinski definition) is 6. The molecule has 2 amide bonds. The van der Waals surface area contributed by atoms with Crippen molar-refractivity contribution in [3.05, 3.63) is 0 Å². The zero-order valence-corrected chi connectivity index (χ0v) is 17.7. The molecule has 0 aromatic carbocycles. The standard InChI is InChI=1S/C16H33N3O4.C2H4O2/c1-15(2,3)22-13(20)18-11-12(9-7-8-10-17)19-14(21)23-16(4,5)6;1-2(3)4/h12H,7-11,17H2,1-6H3,(H,18,20)(H,19,21);1H3,(H,3,4)/t12-;/m0./s1. The lowest BCUT2D eigenvalue weighted by atomic mass is 10.1. The molecular weight excluding hydrogens is 354 g/mol. The summed E-state index contributed by atoms with van der Waals surface area (Å²) in [6.45, 7) is 12.7. The van der Waals surface area contributed by atoms with Gasteiger partial charge in [0.15, 0.2) is 0 Å². The van der Waals surface area contributed by atoms with Gasteiger partial charge in [-0.25, -0.2) is 9.59 Å². The Morgan fingerprint density at radius 2 is 1.41 bits per heavy atom. The van der Waals surface area contributed by atoms with Gasteiger partial charge in [0.05, 0.1) is 0 Å². The number of carboxylic acids is 1. The number of nitrogens with two attached hydrogens (primary N) is 1. The summed E-state index contributed by atoms with van der Waals surface area (Å²) in [5, 5.41) is 12.9. The van der Waals surface area contributed by atoms with Crippen LogP contribution in [0.1, 0.15) is 67.7 Å². The summed E-state index contributed by atoms with van der Waals surface area (Å²) in [6, 6.07) is -0.232. The van der Waals surface area contributed by atoms with Crippen LogP contribution in [0.2, 0.25) is 0 Å². The molecule has 1 atom stereocenters. The molecule has 0 aromatic heterocycles. The minimum absolute atomic E-state index is 0.232. The molecule has 0 aliphatic heterocycles. The molecule has 0 saturated carbocycles. The molecule has 0 heterocycles. The minimum Gasteiger partial charge on any atom is -0.481 e. The maximum atomic E-state index is 11.9. The van der Waals surface area contributed by atoms with Gasteiger partial charge >= 0.3 is 12.2 Å². The second-order valence-corrected chi connectivity index (χ2v) is 8.03. The van der Waals surface area contributed by atoms with E-state index in [0.29, 0.717) is 13.0 Å². The van der Waals surface area contributed by atoms with Crippen LogP contribution in [0.3, 0.4) is 0 Å². The number of hydrogen-bond donors (Lipinski definition) is 4. The summed E-state index contributed by atoms with van der Waals surface area (Å²) in [5.41, 5.74) is 4.37. The third-order valence-corrected chi connectivity index (χ3v) is 2.62. The van der Waals surface area contributed by atoms with Crippen LogP contribution >= 0.6 is 0 Å². The summed E-state index contributed by atoms with van der Waals surface area (Å²) >= 11 is 0. The Hall–Kier alpha value is -2.03. The Bertz CT molecular complexity index is 451. The van der Waals surface area contributed by atoms with Crippen LogP contribution in [0.15, 0.2) is 0 Å². The van der Waals surface area contributed by atoms with E-state index in [1.807, 2.05) is 0 Å². The number of carbonyl (C=O) groups is 3. The topological polar surface area (TPSA) is 140 Å². The molecule has 0 unspecified atom stereocenters. The van der Waals surface area contributed by atoms with Crippen LogP contribution in [0.4, 0.5) is 9.59 Å². The molecular formula is C18H37N3O6. The summed E-state index contributed by atoms with van der Waals surface area (Å²) in [6.07, 6.45) is 1.41. The number of rotatable bonds is 7. The summed E-state index contributed by atoms with van der Waals surface area (Å²) in [7, 11) is 0. The maximum Gasteiger partial charge on any atom is 0.407 e. The first-order valence-corrected chi connectivity index (χ1v) is 9.02. The van der Waals surface area contributed by atoms with E-state index in [0.717, 1.165) is 19.8 Å². The second-order valence-electron chi connectivity index (χ2n) is 8.03. The van der Waals surface area contributed by atoms with E-state index in [1.165, 1.54) is 0 Å². The van der Waals surface area contributed by atoms with Gasteiger partial charge < -0.3 is 30.9 Å². The van der Waals surface area contributed by atoms with Crippen molar-refractivity contribution in [2.75, 3.05) is 13.1 Å². The Morgan fingerprint density at radius 3 is 1.81 bits per heavy atom. The van der Waals surface area contributed by atoms with Gasteiger partial charge in [0.25, 0.3) is 5.97 Å². The molecule has 0 bridgehead atoms. The fraction of sp³-hybridized carbons (Fsp3) is 0.833. The zero-order valence-electron chi connectivity index (χ0n) is 17.7. The van der Waals surface area contributed by atoms with Crippen LogP contribution in [-0.2, 0) is 14.3 Å². The van der Waals surface area contributed by atoms with Gasteiger partial charge in [-0.05, 0) is 60.9 Å². The van der Waals surface area contributed by atoms with E-state index in [1.54, 1.807) is 41.5 Å². The number of aliphatic carboxylic acids is 1. The zero-order chi connectivity index (χ0) is 21.7. The highest BCUT2D eigenvalue weighted by Gasteiger charge is 2.21. The molecule has 0 radical (unpaired) electrons. The minimum atomic E-state index is -0.833. The molecule has 160 valence electrons. The molecule has 0 aromatic rings. The molecule has 9 nitrogen and oxygen atoms in total. The SMILES string of the molecule is CC(=O)O.CC(C)(C)OC(=O)NC[C@H](CCCCN)NC(=O)OC(C)(C)C. The van der Waals surface area contributed by atoms with Gasteiger partial charge in [0, 0.05) is 19.5 Å². The molecule has 5 N–H and O–H groups in total. The number of nitrogens with one attached hydrogen (secondary N) is 2. The number of ether oxygens (including phenoxy) is 2. The van der Waals surface area contributed by atoms with Crippen molar-refractivity contribution in [1.29, 1.82) is 0 Å². The van der Waals surface area contributed by atoms with Gasteiger partial charge in [0.2, 0.25) is 0 Å². The Balaban J connectivity index is 0. The van der Waals surface area contributed by atoms with Crippen molar-refractivity contribution in [2.24, 2.45) is 5.73 Å². The van der Waals surface area contributed by atoms with Crippen LogP contribution in [0.5, 0.6) is 0 Å². The van der Waals surface area contributed by atoms with Crippen LogP contribution < -0.4 is 16.4 Å². The van der Waals surface area contributed by atoms with E-state index >= 15 is 0 Å². The maximum absolute atomic E-state index is 11.9. The predicted octanol–water partition coefficient (Wildman–Crippen LogP) is 2.62. The van der Waals surface area contributed by atoms with Crippen molar-refractivity contribution in [1.82, 2.24) is 10.6 Å². The molecule has 0 saturated heterocycles. The molecule has 0 rings (SSSR count). The lowest BCUT2D eigenvalue weighted by molar-refractivity contribution is -0.134. The van der Waals surface area contributed by atoms with E-state index < -0.39 is 29.4 Å². The van der Waals surface area contributed by atoms with Gasteiger partial charge in [-0.1, -0.05) is 6.42 Å². The molecule has 9 heteroatoms. The molecule has 27 heavy (non-hydrogen) atoms. The lowest BCUT2D eigenvalue weighted by Gasteiger charge is -2.25. The molecule has 0 aliphatic carbocycles. The predicted molar refractivity (Wildman–Crippen MR) is 104 cm³/mol. The second kappa shape index (κ2) is 13.2. The fourth-order valence-electron chi connectivity index (χ4n) is 1.76. The highest BCUT2D eigenvalue weighted by atomic mass is 16.6. The lowest BCUT2D eigenvalue weighted by Crippen LogP contribution is -2.46. The average Bonchev–Trinajstić information content (AvgIpc) is 2.40. The average molecular weight is 392 g/mol. The highest BCUT2D eigenvalue weighted by Crippen LogP contribution is 2.09. The van der Waals surface area contributed by atoms with Gasteiger partial charge in [-0.2, -0.15) is 0 Å². The molecule has 0 fully saturated rings. The highest BCUT2D eigenvalue weighted by molar-refractivity contribution is 5.69. The quantitative estimate of drug-likeness (QED) is 0.489. The Labute approximate surface area is 162 Å². The molecule has 0 aliphatic rings. The number of alkyl carbamates (subject to hydrolysis) is 2. The van der Waals surface area contributed by atoms with Crippen molar-refractivity contribution in [3.8, 4) is 0 Å². The summed E-state index contributed by atoms with van der Waals surface area (Å²) in [4.78, 5) is 32.6. The smallest absolute Gasteiger partial charge is 0.407 e. The summed E-state index contributed by atoms with van der Waals surface area (Å²) < 4.78 is 10.4. The van der Waals surface area contributed by atoms with Crippen LogP contribution in [0, 0.1) is 0 Å². The van der Waals surface area contributed by atoms with E-state index in [4.69, 9.17) is 25.1 Å². The van der Waals surface area contributed by atoms with E-state index in [2.05, 4.69) is 10.6 Å². The van der Waals surface area contributed by atoms with Crippen molar-refractivity contribution < 1.29 is 29.0 Å². The number of carbonyl (C=O) groups excluding carboxylic acids is 2. The van der Waals surface area contributed by atoms with Crippen molar-refractivity contribution in [3.63, 3.8) is 0 Å². The van der Waals surface area contributed by atoms with Crippen molar-refractivity contribution >= 4 is 18.2 Å². The van der Waals surface area contributed by atoms with E-state index in [-0.39, 0.29) is 12.6 Å². The first-order chi connectivity index (χ1) is 12.2. The third kappa shape index (κ3) is 24.0. The molecule has 0 spiro atoms. The van der Waals surface area contributed by atoms with Crippen molar-refractivity contribution in [2.45, 2.75) is 85.0 Å². The third-order valence-electron chi connectivity index (χ3n) is 2.62. The van der Waals surface area contributed by atoms with E-state index in [9.17, 15) is 9.59 Å². The summed E-state index contributed by atoms with van der Waals surface area (Å²) in [5.74, 6) is -0.833. The van der Waals surface area contributed by atoms with Gasteiger partial charge in [-0.3, -0.25) is 4.79 Å².